The molecule has 0 fully saturated rings. The van der Waals surface area contributed by atoms with Crippen molar-refractivity contribution in [3.63, 3.8) is 0 Å². The van der Waals surface area contributed by atoms with Gasteiger partial charge >= 0.3 is 42.6 Å². The van der Waals surface area contributed by atoms with Crippen LogP contribution >= 0.6 is 0 Å². The molecule has 0 heterocycles. The van der Waals surface area contributed by atoms with Gasteiger partial charge < -0.3 is 19.1 Å². The fourth-order valence-electron chi connectivity index (χ4n) is 1.52. The quantitative estimate of drug-likeness (QED) is 0.401. The average molecular weight is 439 g/mol. The smallest absolute Gasteiger partial charge is 0.318 e. The third-order valence-corrected chi connectivity index (χ3v) is 9.70. The molecule has 0 saturated heterocycles. The first kappa shape index (κ1) is 28.8. The third-order valence-electron chi connectivity index (χ3n) is 2.65. The fraction of sp³-hybridized carbons (Fsp3) is 0.600. The van der Waals surface area contributed by atoms with Crippen molar-refractivity contribution in [1.82, 2.24) is 0 Å². The van der Waals surface area contributed by atoms with Crippen molar-refractivity contribution in [2.75, 3.05) is 0 Å². The molecule has 0 aliphatic heterocycles. The molecule has 0 unspecified atom stereocenters. The average Bonchev–Trinajstić information content (AvgIpc) is 2.33. The molecule has 0 aliphatic carbocycles. The van der Waals surface area contributed by atoms with E-state index in [-0.39, 0.29) is 29.6 Å². The monoisotopic (exact) mass is 438 g/mol. The SMILES string of the molecule is C[Si](C)(C)C#[C][Al-]([C]#C[Si](C)(C)C)([C]#C[Si](C)(C)C)[C]#C[Si](C)(C)C.[Na+]. The van der Waals surface area contributed by atoms with Crippen molar-refractivity contribution in [1.29, 1.82) is 0 Å². The van der Waals surface area contributed by atoms with Gasteiger partial charge in [0.2, 0.25) is 0 Å². The first-order chi connectivity index (χ1) is 10.8. The van der Waals surface area contributed by atoms with E-state index in [1.807, 2.05) is 0 Å². The van der Waals surface area contributed by atoms with Crippen LogP contribution < -0.4 is 29.6 Å². The second-order valence-electron chi connectivity index (χ2n) is 10.9. The van der Waals surface area contributed by atoms with Crippen molar-refractivity contribution in [3.05, 3.63) is 0 Å². The van der Waals surface area contributed by atoms with Gasteiger partial charge in [-0.1, -0.05) is 78.6 Å². The Bertz CT molecular complexity index is 595. The Morgan fingerprint density at radius 3 is 0.654 bits per heavy atom. The second kappa shape index (κ2) is 10.4. The molecule has 136 valence electrons. The molecular formula is C20H36AlNaSi4. The largest absolute Gasteiger partial charge is 1.00 e. The van der Waals surface area contributed by atoms with Crippen LogP contribution in [-0.4, -0.2) is 45.4 Å². The standard InChI is InChI=1S/4C5H9Si.Al.Na/c4*1-5-6(2,3)4;;/h4*2-4H3;;/q;;;;-1;+1. The van der Waals surface area contributed by atoms with Crippen molar-refractivity contribution in [3.8, 4) is 41.3 Å². The van der Waals surface area contributed by atoms with Gasteiger partial charge in [0.25, 0.3) is 0 Å². The molecule has 0 spiro atoms. The van der Waals surface area contributed by atoms with Crippen LogP contribution in [0.15, 0.2) is 0 Å². The summed E-state index contributed by atoms with van der Waals surface area (Å²) in [4.78, 5) is 14.5. The van der Waals surface area contributed by atoms with Crippen LogP contribution in [0.2, 0.25) is 78.6 Å². The Hall–Kier alpha value is 0.640. The van der Waals surface area contributed by atoms with E-state index in [1.54, 1.807) is 0 Å². The number of hydrogen-bond donors (Lipinski definition) is 0. The van der Waals surface area contributed by atoms with Gasteiger partial charge in [0.1, 0.15) is 32.3 Å². The van der Waals surface area contributed by atoms with Crippen LogP contribution in [0.4, 0.5) is 0 Å². The van der Waals surface area contributed by atoms with Crippen molar-refractivity contribution in [2.45, 2.75) is 78.6 Å². The Kier molecular flexibility index (Phi) is 11.6. The summed E-state index contributed by atoms with van der Waals surface area (Å²) in [5, 5.41) is 0. The van der Waals surface area contributed by atoms with Gasteiger partial charge in [0, 0.05) is 0 Å². The normalized spacial score (nSPS) is 11.8. The molecule has 26 heavy (non-hydrogen) atoms. The van der Waals surface area contributed by atoms with Gasteiger partial charge in [0.05, 0.1) is 0 Å². The molecule has 0 aromatic heterocycles. The Labute approximate surface area is 193 Å². The summed E-state index contributed by atoms with van der Waals surface area (Å²) in [5.74, 6) is 0. The van der Waals surface area contributed by atoms with E-state index in [9.17, 15) is 0 Å². The molecule has 0 radical (unpaired) electrons. The zero-order chi connectivity index (χ0) is 20.2. The minimum absolute atomic E-state index is 0. The second-order valence-corrected chi connectivity index (χ2v) is 32.8. The Balaban J connectivity index is 0. The molecule has 0 aromatic carbocycles. The van der Waals surface area contributed by atoms with Crippen LogP contribution in [0.5, 0.6) is 0 Å². The molecule has 0 N–H and O–H groups in total. The molecule has 0 nitrogen and oxygen atoms in total. The predicted molar refractivity (Wildman–Crippen MR) is 130 cm³/mol. The maximum Gasteiger partial charge on any atom is 1.00 e. The first-order valence-electron chi connectivity index (χ1n) is 9.15. The topological polar surface area (TPSA) is 0 Å². The Morgan fingerprint density at radius 2 is 0.538 bits per heavy atom. The van der Waals surface area contributed by atoms with Gasteiger partial charge in [-0.25, -0.2) is 0 Å². The molecule has 0 atom stereocenters. The summed E-state index contributed by atoms with van der Waals surface area (Å²) < 4.78 is 0. The van der Waals surface area contributed by atoms with Crippen molar-refractivity contribution in [2.24, 2.45) is 0 Å². The summed E-state index contributed by atoms with van der Waals surface area (Å²) in [7, 11) is -5.92. The minimum atomic E-state index is -2.89. The van der Waals surface area contributed by atoms with Crippen molar-refractivity contribution >= 4 is 45.4 Å². The van der Waals surface area contributed by atoms with E-state index < -0.39 is 45.4 Å². The summed E-state index contributed by atoms with van der Waals surface area (Å²) in [5.41, 5.74) is 14.3. The van der Waals surface area contributed by atoms with E-state index in [2.05, 4.69) is 120 Å². The summed E-state index contributed by atoms with van der Waals surface area (Å²) in [6, 6.07) is 0. The maximum atomic E-state index is 3.62. The number of rotatable bonds is 0. The van der Waals surface area contributed by atoms with E-state index in [1.165, 1.54) is 0 Å². The molecule has 6 heteroatoms. The van der Waals surface area contributed by atoms with Crippen LogP contribution in [0.1, 0.15) is 0 Å². The zero-order valence-electron chi connectivity index (χ0n) is 19.6. The molecule has 0 amide bonds. The van der Waals surface area contributed by atoms with Gasteiger partial charge in [-0.05, 0) is 0 Å². The Morgan fingerprint density at radius 1 is 0.385 bits per heavy atom. The summed E-state index contributed by atoms with van der Waals surface area (Å²) >= 11 is -2.89. The molecule has 0 aliphatic rings. The van der Waals surface area contributed by atoms with E-state index in [0.717, 1.165) is 0 Å². The van der Waals surface area contributed by atoms with E-state index in [4.69, 9.17) is 0 Å². The third kappa shape index (κ3) is 16.8. The minimum Gasteiger partial charge on any atom is -0.318 e. The fourth-order valence-corrected chi connectivity index (χ4v) is 12.3. The molecule has 0 bridgehead atoms. The first-order valence-corrected chi connectivity index (χ1v) is 25.5. The number of hydrogen-bond acceptors (Lipinski definition) is 0. The van der Waals surface area contributed by atoms with Gasteiger partial charge in [0.15, 0.2) is 0 Å². The molecule has 0 saturated carbocycles. The predicted octanol–water partition coefficient (Wildman–Crippen LogP) is 2.12. The van der Waals surface area contributed by atoms with Gasteiger partial charge in [-0.15, -0.1) is 0 Å². The van der Waals surface area contributed by atoms with Gasteiger partial charge in [-0.3, -0.25) is 0 Å². The summed E-state index contributed by atoms with van der Waals surface area (Å²) in [6.45, 7) is 27.4. The van der Waals surface area contributed by atoms with Crippen LogP contribution in [0.25, 0.3) is 0 Å². The van der Waals surface area contributed by atoms with Gasteiger partial charge in [-0.2, -0.15) is 22.2 Å². The van der Waals surface area contributed by atoms with E-state index >= 15 is 0 Å². The van der Waals surface area contributed by atoms with Crippen LogP contribution in [-0.2, 0) is 0 Å². The summed E-state index contributed by atoms with van der Waals surface area (Å²) in [6.07, 6.45) is 0. The van der Waals surface area contributed by atoms with Crippen LogP contribution in [0, 0.1) is 41.3 Å². The maximum absolute atomic E-state index is 3.62. The van der Waals surface area contributed by atoms with Crippen molar-refractivity contribution < 1.29 is 29.6 Å². The molecular weight excluding hydrogens is 403 g/mol. The van der Waals surface area contributed by atoms with Crippen LogP contribution in [0.3, 0.4) is 0 Å². The molecule has 0 rings (SSSR count). The van der Waals surface area contributed by atoms with E-state index in [0.29, 0.717) is 0 Å². The zero-order valence-corrected chi connectivity index (χ0v) is 26.7. The molecule has 0 aromatic rings.